The van der Waals surface area contributed by atoms with E-state index in [0.29, 0.717) is 44.2 Å². The third-order valence-electron chi connectivity index (χ3n) is 2.79. The Kier molecular flexibility index (Phi) is 3.65. The molecule has 0 aliphatic heterocycles. The number of fused-ring (bicyclic) bond motifs is 1. The van der Waals surface area contributed by atoms with E-state index in [4.69, 9.17) is 34.8 Å². The van der Waals surface area contributed by atoms with Gasteiger partial charge in [0.15, 0.2) is 11.5 Å². The Balaban J connectivity index is 1.90. The van der Waals surface area contributed by atoms with Crippen LogP contribution in [0.5, 0.6) is 0 Å². The van der Waals surface area contributed by atoms with Crippen LogP contribution in [0.3, 0.4) is 0 Å². The molecule has 3 rings (SSSR count). The highest BCUT2D eigenvalue weighted by atomic mass is 35.5. The quantitative estimate of drug-likeness (QED) is 0.715. The zero-order chi connectivity index (χ0) is 14.1. The van der Waals surface area contributed by atoms with Crippen LogP contribution >= 0.6 is 34.8 Å². The molecule has 8 heteroatoms. The number of H-pyrrole nitrogens is 1. The Morgan fingerprint density at radius 2 is 1.85 bits per heavy atom. The molecule has 0 atom stereocenters. The van der Waals surface area contributed by atoms with E-state index in [1.165, 1.54) is 6.33 Å². The lowest BCUT2D eigenvalue weighted by Gasteiger charge is -2.10. The standard InChI is InChI=1S/C12H8Cl3N5/c13-7-1-2-8(14)9(15)6(7)3-16-11-10-12(18-4-17-10)20-5-19-11/h1-2,4-5H,3H2,(H2,16,17,18,19,20). The van der Waals surface area contributed by atoms with Gasteiger partial charge >= 0.3 is 0 Å². The smallest absolute Gasteiger partial charge is 0.162 e. The number of aromatic amines is 1. The van der Waals surface area contributed by atoms with E-state index in [2.05, 4.69) is 25.3 Å². The van der Waals surface area contributed by atoms with Crippen LogP contribution in [0.4, 0.5) is 5.82 Å². The summed E-state index contributed by atoms with van der Waals surface area (Å²) in [7, 11) is 0. The first kappa shape index (κ1) is 13.4. The number of aromatic nitrogens is 4. The van der Waals surface area contributed by atoms with Crippen LogP contribution in [0.15, 0.2) is 24.8 Å². The summed E-state index contributed by atoms with van der Waals surface area (Å²) in [6.07, 6.45) is 3.01. The van der Waals surface area contributed by atoms with Gasteiger partial charge in [-0.1, -0.05) is 34.8 Å². The third-order valence-corrected chi connectivity index (χ3v) is 3.99. The lowest BCUT2D eigenvalue weighted by atomic mass is 10.2. The van der Waals surface area contributed by atoms with Crippen molar-refractivity contribution in [3.8, 4) is 0 Å². The topological polar surface area (TPSA) is 66.5 Å². The molecule has 2 aromatic heterocycles. The molecule has 3 aromatic rings. The van der Waals surface area contributed by atoms with Gasteiger partial charge in [0, 0.05) is 17.1 Å². The Hall–Kier alpha value is -1.56. The van der Waals surface area contributed by atoms with Gasteiger partial charge in [0.1, 0.15) is 11.8 Å². The molecule has 0 saturated carbocycles. The van der Waals surface area contributed by atoms with Crippen LogP contribution in [-0.2, 0) is 6.54 Å². The zero-order valence-electron chi connectivity index (χ0n) is 9.99. The zero-order valence-corrected chi connectivity index (χ0v) is 12.3. The maximum atomic E-state index is 6.15. The van der Waals surface area contributed by atoms with Crippen molar-refractivity contribution in [3.63, 3.8) is 0 Å². The lowest BCUT2D eigenvalue weighted by Crippen LogP contribution is -2.04. The van der Waals surface area contributed by atoms with Gasteiger partial charge in [0.25, 0.3) is 0 Å². The number of nitrogens with one attached hydrogen (secondary N) is 2. The molecule has 2 N–H and O–H groups in total. The number of rotatable bonds is 3. The van der Waals surface area contributed by atoms with E-state index in [9.17, 15) is 0 Å². The van der Waals surface area contributed by atoms with Crippen LogP contribution in [0.1, 0.15) is 5.56 Å². The summed E-state index contributed by atoms with van der Waals surface area (Å²) in [4.78, 5) is 15.3. The van der Waals surface area contributed by atoms with Gasteiger partial charge in [-0.25, -0.2) is 15.0 Å². The normalized spacial score (nSPS) is 10.9. The molecule has 0 unspecified atom stereocenters. The molecule has 0 aliphatic rings. The Morgan fingerprint density at radius 3 is 2.70 bits per heavy atom. The Labute approximate surface area is 129 Å². The molecule has 0 radical (unpaired) electrons. The minimum atomic E-state index is 0.386. The second kappa shape index (κ2) is 5.44. The van der Waals surface area contributed by atoms with Crippen molar-refractivity contribution in [1.29, 1.82) is 0 Å². The summed E-state index contributed by atoms with van der Waals surface area (Å²) in [6, 6.07) is 3.36. The van der Waals surface area contributed by atoms with Gasteiger partial charge in [-0.2, -0.15) is 0 Å². The number of imidazole rings is 1. The van der Waals surface area contributed by atoms with E-state index in [-0.39, 0.29) is 0 Å². The number of hydrogen-bond acceptors (Lipinski definition) is 4. The van der Waals surface area contributed by atoms with Crippen LogP contribution < -0.4 is 5.32 Å². The first-order valence-corrected chi connectivity index (χ1v) is 6.80. The number of anilines is 1. The largest absolute Gasteiger partial charge is 0.364 e. The first-order chi connectivity index (χ1) is 9.66. The molecule has 20 heavy (non-hydrogen) atoms. The molecule has 0 amide bonds. The van der Waals surface area contributed by atoms with Crippen LogP contribution in [0.25, 0.3) is 11.2 Å². The Bertz CT molecular complexity index is 771. The number of benzene rings is 1. The molecular weight excluding hydrogens is 321 g/mol. The summed E-state index contributed by atoms with van der Waals surface area (Å²) < 4.78 is 0. The van der Waals surface area contributed by atoms with Crippen molar-refractivity contribution in [3.05, 3.63) is 45.4 Å². The lowest BCUT2D eigenvalue weighted by molar-refractivity contribution is 1.10. The van der Waals surface area contributed by atoms with E-state index < -0.39 is 0 Å². The van der Waals surface area contributed by atoms with Gasteiger partial charge in [-0.15, -0.1) is 0 Å². The van der Waals surface area contributed by atoms with E-state index in [0.717, 1.165) is 0 Å². The monoisotopic (exact) mass is 327 g/mol. The summed E-state index contributed by atoms with van der Waals surface area (Å²) in [6.45, 7) is 0.386. The summed E-state index contributed by atoms with van der Waals surface area (Å²) >= 11 is 18.3. The predicted octanol–water partition coefficient (Wildman–Crippen LogP) is 3.93. The predicted molar refractivity (Wildman–Crippen MR) is 80.5 cm³/mol. The number of hydrogen-bond donors (Lipinski definition) is 2. The van der Waals surface area contributed by atoms with Gasteiger partial charge < -0.3 is 10.3 Å². The highest BCUT2D eigenvalue weighted by Crippen LogP contribution is 2.32. The van der Waals surface area contributed by atoms with Gasteiger partial charge in [0.2, 0.25) is 0 Å². The van der Waals surface area contributed by atoms with Crippen molar-refractivity contribution in [2.75, 3.05) is 5.32 Å². The highest BCUT2D eigenvalue weighted by molar-refractivity contribution is 6.44. The first-order valence-electron chi connectivity index (χ1n) is 5.67. The van der Waals surface area contributed by atoms with Gasteiger partial charge in [-0.3, -0.25) is 0 Å². The maximum absolute atomic E-state index is 6.15. The average Bonchev–Trinajstić information content (AvgIpc) is 2.92. The second-order valence-electron chi connectivity index (χ2n) is 4.00. The van der Waals surface area contributed by atoms with E-state index >= 15 is 0 Å². The van der Waals surface area contributed by atoms with Gasteiger partial charge in [-0.05, 0) is 12.1 Å². The van der Waals surface area contributed by atoms with E-state index in [1.807, 2.05) is 0 Å². The summed E-state index contributed by atoms with van der Waals surface area (Å²) in [5, 5.41) is 4.57. The minimum absolute atomic E-state index is 0.386. The fourth-order valence-corrected chi connectivity index (χ4v) is 2.48. The molecule has 0 aliphatic carbocycles. The molecule has 0 bridgehead atoms. The third kappa shape index (κ3) is 2.40. The fourth-order valence-electron chi connectivity index (χ4n) is 1.80. The fraction of sp³-hybridized carbons (Fsp3) is 0.0833. The average molecular weight is 329 g/mol. The highest BCUT2D eigenvalue weighted by Gasteiger charge is 2.11. The van der Waals surface area contributed by atoms with Crippen molar-refractivity contribution >= 4 is 51.8 Å². The molecule has 0 saturated heterocycles. The molecule has 0 spiro atoms. The van der Waals surface area contributed by atoms with Crippen molar-refractivity contribution in [1.82, 2.24) is 19.9 Å². The number of nitrogens with zero attached hydrogens (tertiary/aromatic N) is 3. The van der Waals surface area contributed by atoms with Crippen LogP contribution in [0.2, 0.25) is 15.1 Å². The Morgan fingerprint density at radius 1 is 1.05 bits per heavy atom. The van der Waals surface area contributed by atoms with Crippen molar-refractivity contribution in [2.24, 2.45) is 0 Å². The summed E-state index contributed by atoms with van der Waals surface area (Å²) in [5.74, 6) is 0.600. The molecular formula is C12H8Cl3N5. The van der Waals surface area contributed by atoms with Crippen LogP contribution in [0, 0.1) is 0 Å². The second-order valence-corrected chi connectivity index (χ2v) is 5.19. The van der Waals surface area contributed by atoms with E-state index in [1.54, 1.807) is 18.5 Å². The van der Waals surface area contributed by atoms with Crippen molar-refractivity contribution < 1.29 is 0 Å². The number of halogens is 3. The molecule has 2 heterocycles. The molecule has 102 valence electrons. The maximum Gasteiger partial charge on any atom is 0.162 e. The minimum Gasteiger partial charge on any atom is -0.364 e. The van der Waals surface area contributed by atoms with Gasteiger partial charge in [0.05, 0.1) is 16.4 Å². The van der Waals surface area contributed by atoms with Crippen molar-refractivity contribution in [2.45, 2.75) is 6.54 Å². The molecule has 5 nitrogen and oxygen atoms in total. The molecule has 1 aromatic carbocycles. The van der Waals surface area contributed by atoms with Crippen LogP contribution in [-0.4, -0.2) is 19.9 Å². The molecule has 0 fully saturated rings. The summed E-state index contributed by atoms with van der Waals surface area (Å²) in [5.41, 5.74) is 2.02. The SMILES string of the molecule is Clc1ccc(Cl)c(CNc2ncnc3[nH]cnc23)c1Cl.